The van der Waals surface area contributed by atoms with E-state index in [0.717, 1.165) is 17.7 Å². The Bertz CT molecular complexity index is 768. The highest BCUT2D eigenvalue weighted by atomic mass is 16.2. The van der Waals surface area contributed by atoms with Crippen molar-refractivity contribution in [2.24, 2.45) is 0 Å². The first-order valence-electron chi connectivity index (χ1n) is 10.6. The highest BCUT2D eigenvalue weighted by Gasteiger charge is 2.10. The molecule has 2 N–H and O–H groups in total. The van der Waals surface area contributed by atoms with Crippen molar-refractivity contribution in [1.29, 1.82) is 0 Å². The summed E-state index contributed by atoms with van der Waals surface area (Å²) in [5.74, 6) is -0.115. The topological polar surface area (TPSA) is 61.4 Å². The highest BCUT2D eigenvalue weighted by molar-refractivity contribution is 5.80. The van der Waals surface area contributed by atoms with E-state index in [-0.39, 0.29) is 18.2 Å². The largest absolute Gasteiger partial charge is 0.355 e. The average Bonchev–Trinajstić information content (AvgIpc) is 2.75. The molecule has 154 valence electrons. The van der Waals surface area contributed by atoms with Crippen LogP contribution in [0.25, 0.3) is 0 Å². The summed E-state index contributed by atoms with van der Waals surface area (Å²) in [7, 11) is 0. The summed E-state index contributed by atoms with van der Waals surface area (Å²) >= 11 is 0. The molecule has 1 heterocycles. The van der Waals surface area contributed by atoms with Crippen LogP contribution >= 0.6 is 0 Å². The maximum Gasteiger partial charge on any atom is 0.224 e. The first kappa shape index (κ1) is 21.1. The number of likely N-dealkylation sites (tertiary alicyclic amines) is 1. The first-order valence-corrected chi connectivity index (χ1v) is 10.6. The second-order valence-corrected chi connectivity index (χ2v) is 7.69. The highest BCUT2D eigenvalue weighted by Crippen LogP contribution is 2.13. The Hall–Kier alpha value is -2.66. The zero-order chi connectivity index (χ0) is 20.3. The lowest BCUT2D eigenvalue weighted by Gasteiger charge is -2.26. The van der Waals surface area contributed by atoms with E-state index in [1.54, 1.807) is 0 Å². The van der Waals surface area contributed by atoms with Crippen LogP contribution in [-0.2, 0) is 29.1 Å². The number of hydrogen-bond acceptors (Lipinski definition) is 3. The number of carbonyl (C=O) groups is 2. The van der Waals surface area contributed by atoms with Crippen LogP contribution in [0.3, 0.4) is 0 Å². The molecule has 1 fully saturated rings. The molecule has 29 heavy (non-hydrogen) atoms. The molecule has 0 aliphatic carbocycles. The van der Waals surface area contributed by atoms with Crippen molar-refractivity contribution in [3.8, 4) is 0 Å². The van der Waals surface area contributed by atoms with Crippen LogP contribution in [0.2, 0.25) is 0 Å². The number of nitrogens with zero attached hydrogens (tertiary/aromatic N) is 1. The van der Waals surface area contributed by atoms with Crippen molar-refractivity contribution in [2.75, 3.05) is 19.6 Å². The van der Waals surface area contributed by atoms with Gasteiger partial charge in [0, 0.05) is 26.1 Å². The van der Waals surface area contributed by atoms with Crippen LogP contribution in [0.5, 0.6) is 0 Å². The number of nitrogens with one attached hydrogen (secondary N) is 2. The number of amides is 2. The molecule has 2 amide bonds. The molecule has 1 aliphatic heterocycles. The van der Waals surface area contributed by atoms with Crippen molar-refractivity contribution in [2.45, 2.75) is 45.2 Å². The van der Waals surface area contributed by atoms with E-state index in [4.69, 9.17) is 0 Å². The Morgan fingerprint density at radius 1 is 0.759 bits per heavy atom. The second-order valence-electron chi connectivity index (χ2n) is 7.69. The lowest BCUT2D eigenvalue weighted by atomic mass is 10.1. The van der Waals surface area contributed by atoms with Crippen LogP contribution in [0.4, 0.5) is 0 Å². The van der Waals surface area contributed by atoms with Gasteiger partial charge in [-0.15, -0.1) is 0 Å². The van der Waals surface area contributed by atoms with Crippen LogP contribution in [0, 0.1) is 0 Å². The van der Waals surface area contributed by atoms with Gasteiger partial charge in [0.15, 0.2) is 0 Å². The molecular weight excluding hydrogens is 362 g/mol. The molecule has 0 radical (unpaired) electrons. The second kappa shape index (κ2) is 11.4. The fourth-order valence-corrected chi connectivity index (χ4v) is 3.59. The van der Waals surface area contributed by atoms with Gasteiger partial charge in [0.1, 0.15) is 0 Å². The predicted molar refractivity (Wildman–Crippen MR) is 115 cm³/mol. The van der Waals surface area contributed by atoms with Gasteiger partial charge in [0.2, 0.25) is 11.8 Å². The van der Waals surface area contributed by atoms with Crippen LogP contribution < -0.4 is 10.6 Å². The predicted octanol–water partition coefficient (Wildman–Crippen LogP) is 3.04. The molecule has 5 nitrogen and oxygen atoms in total. The maximum absolute atomic E-state index is 12.0. The third-order valence-electron chi connectivity index (χ3n) is 5.25. The lowest BCUT2D eigenvalue weighted by molar-refractivity contribution is -0.122. The third-order valence-corrected chi connectivity index (χ3v) is 5.25. The quantitative estimate of drug-likeness (QED) is 0.688. The van der Waals surface area contributed by atoms with Crippen molar-refractivity contribution in [3.05, 3.63) is 71.3 Å². The van der Waals surface area contributed by atoms with Crippen molar-refractivity contribution in [3.63, 3.8) is 0 Å². The van der Waals surface area contributed by atoms with E-state index in [1.165, 1.54) is 37.9 Å². The maximum atomic E-state index is 12.0. The van der Waals surface area contributed by atoms with Gasteiger partial charge in [-0.1, -0.05) is 61.0 Å². The number of rotatable bonds is 9. The zero-order valence-electron chi connectivity index (χ0n) is 17.0. The third kappa shape index (κ3) is 7.70. The van der Waals surface area contributed by atoms with Crippen molar-refractivity contribution >= 4 is 11.8 Å². The Kier molecular flexibility index (Phi) is 8.25. The first-order chi connectivity index (χ1) is 14.2. The van der Waals surface area contributed by atoms with Crippen molar-refractivity contribution < 1.29 is 9.59 Å². The van der Waals surface area contributed by atoms with Gasteiger partial charge in [-0.3, -0.25) is 14.5 Å². The number of benzene rings is 2. The number of piperidine rings is 1. The van der Waals surface area contributed by atoms with Gasteiger partial charge >= 0.3 is 0 Å². The summed E-state index contributed by atoms with van der Waals surface area (Å²) in [6, 6.07) is 18.1. The Labute approximate surface area is 173 Å². The minimum atomic E-state index is -0.0618. The summed E-state index contributed by atoms with van der Waals surface area (Å²) in [6.07, 6.45) is 4.58. The Morgan fingerprint density at radius 3 is 2.17 bits per heavy atom. The SMILES string of the molecule is O=C(CCNC(=O)Cc1ccccc1)NCc1ccc(CN2CCCCC2)cc1. The molecule has 0 unspecified atom stereocenters. The van der Waals surface area contributed by atoms with E-state index >= 15 is 0 Å². The minimum absolute atomic E-state index is 0.0533. The Morgan fingerprint density at radius 2 is 1.45 bits per heavy atom. The zero-order valence-corrected chi connectivity index (χ0v) is 17.0. The average molecular weight is 394 g/mol. The lowest BCUT2D eigenvalue weighted by Crippen LogP contribution is -2.31. The van der Waals surface area contributed by atoms with E-state index in [1.807, 2.05) is 30.3 Å². The summed E-state index contributed by atoms with van der Waals surface area (Å²) in [5.41, 5.74) is 3.38. The molecule has 0 bridgehead atoms. The molecule has 0 atom stereocenters. The van der Waals surface area contributed by atoms with Gasteiger partial charge in [0.25, 0.3) is 0 Å². The van der Waals surface area contributed by atoms with Crippen LogP contribution in [0.1, 0.15) is 42.4 Å². The Balaban J connectivity index is 1.31. The molecule has 1 aliphatic rings. The molecular formula is C24H31N3O2. The summed E-state index contributed by atoms with van der Waals surface area (Å²) in [6.45, 7) is 4.27. The van der Waals surface area contributed by atoms with Crippen LogP contribution in [0.15, 0.2) is 54.6 Å². The van der Waals surface area contributed by atoms with Gasteiger partial charge in [-0.25, -0.2) is 0 Å². The van der Waals surface area contributed by atoms with E-state index < -0.39 is 0 Å². The van der Waals surface area contributed by atoms with Crippen molar-refractivity contribution in [1.82, 2.24) is 15.5 Å². The van der Waals surface area contributed by atoms with Crippen LogP contribution in [-0.4, -0.2) is 36.3 Å². The molecule has 2 aromatic rings. The van der Waals surface area contributed by atoms with Gasteiger partial charge in [-0.05, 0) is 42.6 Å². The monoisotopic (exact) mass is 393 g/mol. The summed E-state index contributed by atoms with van der Waals surface area (Å²) in [5, 5.41) is 5.72. The summed E-state index contributed by atoms with van der Waals surface area (Å²) in [4.78, 5) is 26.4. The van der Waals surface area contributed by atoms with E-state index in [2.05, 4.69) is 39.8 Å². The number of carbonyl (C=O) groups excluding carboxylic acids is 2. The molecule has 0 spiro atoms. The molecule has 0 saturated carbocycles. The molecule has 5 heteroatoms. The standard InChI is InChI=1S/C24H31N3O2/c28-23(13-14-25-24(29)17-20-7-3-1-4-8-20)26-18-21-9-11-22(12-10-21)19-27-15-5-2-6-16-27/h1,3-4,7-12H,2,5-6,13-19H2,(H,25,29)(H,26,28). The fraction of sp³-hybridized carbons (Fsp3) is 0.417. The number of hydrogen-bond donors (Lipinski definition) is 2. The molecule has 3 rings (SSSR count). The van der Waals surface area contributed by atoms with Gasteiger partial charge in [-0.2, -0.15) is 0 Å². The normalized spacial score (nSPS) is 14.3. The fourth-order valence-electron chi connectivity index (χ4n) is 3.59. The molecule has 1 saturated heterocycles. The smallest absolute Gasteiger partial charge is 0.224 e. The summed E-state index contributed by atoms with van der Waals surface area (Å²) < 4.78 is 0. The molecule has 0 aromatic heterocycles. The van der Waals surface area contributed by atoms with Gasteiger partial charge in [0.05, 0.1) is 6.42 Å². The van der Waals surface area contributed by atoms with E-state index in [0.29, 0.717) is 19.5 Å². The van der Waals surface area contributed by atoms with E-state index in [9.17, 15) is 9.59 Å². The van der Waals surface area contributed by atoms with Gasteiger partial charge < -0.3 is 10.6 Å². The molecule has 2 aromatic carbocycles. The minimum Gasteiger partial charge on any atom is -0.355 e.